The van der Waals surface area contributed by atoms with Crippen LogP contribution in [0.5, 0.6) is 0 Å². The normalized spacial score (nSPS) is 15.9. The van der Waals surface area contributed by atoms with Crippen molar-refractivity contribution in [3.8, 4) is 17.3 Å². The maximum Gasteiger partial charge on any atom is 0.227 e. The molecule has 0 radical (unpaired) electrons. The topological polar surface area (TPSA) is 127 Å². The molecule has 35 heavy (non-hydrogen) atoms. The van der Waals surface area contributed by atoms with E-state index in [0.29, 0.717) is 29.6 Å². The van der Waals surface area contributed by atoms with Gasteiger partial charge in [-0.3, -0.25) is 0 Å². The van der Waals surface area contributed by atoms with Crippen molar-refractivity contribution in [1.29, 1.82) is 5.26 Å². The molecule has 1 aromatic heterocycles. The molecule has 1 aliphatic heterocycles. The van der Waals surface area contributed by atoms with Gasteiger partial charge >= 0.3 is 0 Å². The zero-order valence-corrected chi connectivity index (χ0v) is 19.6. The molecular weight excluding hydrogens is 440 g/mol. The molecule has 0 saturated carbocycles. The Morgan fingerprint density at radius 3 is 2.80 bits per heavy atom. The zero-order valence-electron chi connectivity index (χ0n) is 19.6. The Bertz CT molecular complexity index is 1260. The number of β-amino-alcohol motifs (C(OH)–C–C–N with tert-alkyl or cyclic N) is 1. The molecule has 4 N–H and O–H groups in total. The smallest absolute Gasteiger partial charge is 0.227 e. The molecule has 4 rings (SSSR count). The van der Waals surface area contributed by atoms with Gasteiger partial charge in [-0.15, -0.1) is 0 Å². The van der Waals surface area contributed by atoms with Gasteiger partial charge in [0, 0.05) is 36.7 Å². The second kappa shape index (κ2) is 10.7. The lowest BCUT2D eigenvalue weighted by molar-refractivity contribution is 0.154. The first-order valence-electron chi connectivity index (χ1n) is 11.4. The Kier molecular flexibility index (Phi) is 7.24. The minimum absolute atomic E-state index is 0.364. The van der Waals surface area contributed by atoms with Gasteiger partial charge in [0.1, 0.15) is 11.9 Å². The van der Waals surface area contributed by atoms with E-state index in [4.69, 9.17) is 5.73 Å². The Labute approximate surface area is 204 Å². The number of hydrogen-bond donors (Lipinski definition) is 3. The van der Waals surface area contributed by atoms with Crippen molar-refractivity contribution in [2.75, 3.05) is 28.3 Å². The molecule has 0 spiro atoms. The standard InChI is InChI=1S/C26H28N8O/c1-3-34(32-18(2)28)22-9-7-21(8-10-22)30-26-29-13-12-24(31-26)19-6-11-25(20(15-19)16-27)33-14-4-5-23(35)17-33/h3,6-13,15,23,35H,1,4-5,14,17H2,2H3,(H2,28,32)(H,29,30,31). The summed E-state index contributed by atoms with van der Waals surface area (Å²) in [5.74, 6) is 0.867. The number of nitrogens with zero attached hydrogens (tertiary/aromatic N) is 6. The van der Waals surface area contributed by atoms with Crippen LogP contribution in [-0.4, -0.2) is 40.1 Å². The fourth-order valence-electron chi connectivity index (χ4n) is 4.01. The van der Waals surface area contributed by atoms with E-state index in [0.717, 1.165) is 42.0 Å². The van der Waals surface area contributed by atoms with Crippen molar-refractivity contribution in [2.45, 2.75) is 25.9 Å². The van der Waals surface area contributed by atoms with E-state index in [1.165, 1.54) is 0 Å². The highest BCUT2D eigenvalue weighted by atomic mass is 16.3. The average molecular weight is 469 g/mol. The number of aliphatic hydroxyl groups excluding tert-OH is 1. The van der Waals surface area contributed by atoms with Crippen LogP contribution in [0.2, 0.25) is 0 Å². The number of aromatic nitrogens is 2. The average Bonchev–Trinajstić information content (AvgIpc) is 2.87. The fraction of sp³-hybridized carbons (Fsp3) is 0.231. The molecule has 1 saturated heterocycles. The zero-order chi connectivity index (χ0) is 24.8. The Morgan fingerprint density at radius 2 is 2.11 bits per heavy atom. The molecule has 2 heterocycles. The van der Waals surface area contributed by atoms with E-state index in [1.54, 1.807) is 24.3 Å². The first kappa shape index (κ1) is 23.7. The van der Waals surface area contributed by atoms with E-state index >= 15 is 0 Å². The van der Waals surface area contributed by atoms with Crippen molar-refractivity contribution in [2.24, 2.45) is 10.8 Å². The van der Waals surface area contributed by atoms with Gasteiger partial charge in [-0.2, -0.15) is 10.4 Å². The maximum atomic E-state index is 10.0. The number of hydrazone groups is 1. The van der Waals surface area contributed by atoms with Crippen LogP contribution < -0.4 is 21.0 Å². The Morgan fingerprint density at radius 1 is 1.31 bits per heavy atom. The number of hydrogen-bond acceptors (Lipinski definition) is 8. The van der Waals surface area contributed by atoms with Crippen LogP contribution in [0.15, 0.2) is 72.6 Å². The number of anilines is 4. The number of nitrogens with one attached hydrogen (secondary N) is 1. The first-order chi connectivity index (χ1) is 17.0. The molecule has 1 aliphatic rings. The highest BCUT2D eigenvalue weighted by Crippen LogP contribution is 2.29. The van der Waals surface area contributed by atoms with E-state index < -0.39 is 0 Å². The molecule has 1 fully saturated rings. The monoisotopic (exact) mass is 468 g/mol. The maximum absolute atomic E-state index is 10.0. The summed E-state index contributed by atoms with van der Waals surface area (Å²) in [5, 5.41) is 28.8. The molecule has 1 atom stereocenters. The van der Waals surface area contributed by atoms with E-state index in [1.807, 2.05) is 48.5 Å². The third kappa shape index (κ3) is 5.75. The minimum atomic E-state index is -0.364. The molecule has 9 heteroatoms. The number of rotatable bonds is 7. The summed E-state index contributed by atoms with van der Waals surface area (Å²) in [6.45, 7) is 6.84. The van der Waals surface area contributed by atoms with E-state index in [2.05, 4.69) is 37.9 Å². The van der Waals surface area contributed by atoms with Crippen LogP contribution in [0.4, 0.5) is 23.0 Å². The van der Waals surface area contributed by atoms with Gasteiger partial charge < -0.3 is 21.1 Å². The van der Waals surface area contributed by atoms with Crippen LogP contribution in [0.25, 0.3) is 11.3 Å². The van der Waals surface area contributed by atoms with Gasteiger partial charge in [-0.25, -0.2) is 15.0 Å². The van der Waals surface area contributed by atoms with Crippen molar-refractivity contribution in [3.05, 3.63) is 73.1 Å². The largest absolute Gasteiger partial charge is 0.391 e. The quantitative estimate of drug-likeness (QED) is 0.270. The molecular formula is C26H28N8O. The summed E-state index contributed by atoms with van der Waals surface area (Å²) in [7, 11) is 0. The van der Waals surface area contributed by atoms with Crippen LogP contribution in [0, 0.1) is 11.3 Å². The molecule has 1 unspecified atom stereocenters. The summed E-state index contributed by atoms with van der Waals surface area (Å²) in [4.78, 5) is 11.0. The van der Waals surface area contributed by atoms with Crippen molar-refractivity contribution < 1.29 is 5.11 Å². The highest BCUT2D eigenvalue weighted by Gasteiger charge is 2.20. The molecule has 0 amide bonds. The summed E-state index contributed by atoms with van der Waals surface area (Å²) in [6, 6.07) is 17.4. The highest BCUT2D eigenvalue weighted by molar-refractivity contribution is 5.79. The molecule has 0 aliphatic carbocycles. The number of amidine groups is 1. The first-order valence-corrected chi connectivity index (χ1v) is 11.4. The molecule has 9 nitrogen and oxygen atoms in total. The van der Waals surface area contributed by atoms with Crippen LogP contribution in [0.1, 0.15) is 25.3 Å². The number of nitriles is 1. The Hall–Kier alpha value is -4.42. The van der Waals surface area contributed by atoms with E-state index in [9.17, 15) is 10.4 Å². The Balaban J connectivity index is 1.53. The molecule has 178 valence electrons. The number of nitrogens with two attached hydrogens (primary N) is 1. The van der Waals surface area contributed by atoms with Gasteiger partial charge in [0.05, 0.1) is 28.7 Å². The predicted octanol–water partition coefficient (Wildman–Crippen LogP) is 3.96. The lowest BCUT2D eigenvalue weighted by Crippen LogP contribution is -2.38. The molecule has 3 aromatic rings. The van der Waals surface area contributed by atoms with Crippen LogP contribution in [0.3, 0.4) is 0 Å². The second-order valence-electron chi connectivity index (χ2n) is 8.29. The van der Waals surface area contributed by atoms with Gasteiger partial charge in [-0.05, 0) is 62.2 Å². The summed E-state index contributed by atoms with van der Waals surface area (Å²) < 4.78 is 0. The van der Waals surface area contributed by atoms with Crippen LogP contribution >= 0.6 is 0 Å². The SMILES string of the molecule is C=CN(/N=C(/C)N)c1ccc(Nc2nccc(-c3ccc(N4CCCC(O)C4)c(C#N)c3)n2)cc1. The fourth-order valence-corrected chi connectivity index (χ4v) is 4.01. The van der Waals surface area contributed by atoms with Gasteiger partial charge in [0.2, 0.25) is 5.95 Å². The third-order valence-corrected chi connectivity index (χ3v) is 5.63. The van der Waals surface area contributed by atoms with E-state index in [-0.39, 0.29) is 6.10 Å². The van der Waals surface area contributed by atoms with Crippen molar-refractivity contribution in [3.63, 3.8) is 0 Å². The van der Waals surface area contributed by atoms with Gasteiger partial charge in [0.15, 0.2) is 0 Å². The van der Waals surface area contributed by atoms with Crippen molar-refractivity contribution in [1.82, 2.24) is 9.97 Å². The second-order valence-corrected chi connectivity index (χ2v) is 8.29. The minimum Gasteiger partial charge on any atom is -0.391 e. The van der Waals surface area contributed by atoms with Gasteiger partial charge in [0.25, 0.3) is 0 Å². The summed E-state index contributed by atoms with van der Waals surface area (Å²) in [5.41, 5.74) is 10.2. The number of benzene rings is 2. The number of piperidine rings is 1. The predicted molar refractivity (Wildman–Crippen MR) is 139 cm³/mol. The third-order valence-electron chi connectivity index (χ3n) is 5.63. The molecule has 2 aromatic carbocycles. The lowest BCUT2D eigenvalue weighted by Gasteiger charge is -2.32. The van der Waals surface area contributed by atoms with Crippen LogP contribution in [-0.2, 0) is 0 Å². The summed E-state index contributed by atoms with van der Waals surface area (Å²) >= 11 is 0. The van der Waals surface area contributed by atoms with Crippen molar-refractivity contribution >= 4 is 28.8 Å². The molecule has 0 bridgehead atoms. The van der Waals surface area contributed by atoms with Gasteiger partial charge in [-0.1, -0.05) is 12.6 Å². The lowest BCUT2D eigenvalue weighted by atomic mass is 10.0. The number of aliphatic hydroxyl groups is 1. The summed E-state index contributed by atoms with van der Waals surface area (Å²) in [6.07, 6.45) is 4.60.